The van der Waals surface area contributed by atoms with Crippen molar-refractivity contribution in [2.24, 2.45) is 0 Å². The summed E-state index contributed by atoms with van der Waals surface area (Å²) in [5.41, 5.74) is 0.929. The highest BCUT2D eigenvalue weighted by Crippen LogP contribution is 2.24. The van der Waals surface area contributed by atoms with Crippen LogP contribution in [0, 0.1) is 11.8 Å². The molecule has 0 aliphatic heterocycles. The first-order valence-electron chi connectivity index (χ1n) is 7.74. The number of ether oxygens (including phenoxy) is 1. The van der Waals surface area contributed by atoms with Gasteiger partial charge in [-0.3, -0.25) is 4.79 Å². The van der Waals surface area contributed by atoms with Gasteiger partial charge in [0.1, 0.15) is 5.75 Å². The number of carbonyl (C=O) groups excluding carboxylic acids is 1. The van der Waals surface area contributed by atoms with Crippen LogP contribution < -0.4 is 10.1 Å². The van der Waals surface area contributed by atoms with E-state index in [4.69, 9.17) is 4.74 Å². The minimum absolute atomic E-state index is 0.0268. The summed E-state index contributed by atoms with van der Waals surface area (Å²) >= 11 is 0. The SMILES string of the molecule is O=C(COc1cccc2ccccc12)NCC#Cc1ccccc1. The van der Waals surface area contributed by atoms with Gasteiger partial charge in [0.25, 0.3) is 5.91 Å². The Kier molecular flexibility index (Phi) is 5.11. The van der Waals surface area contributed by atoms with Gasteiger partial charge in [-0.1, -0.05) is 66.4 Å². The zero-order chi connectivity index (χ0) is 16.6. The van der Waals surface area contributed by atoms with E-state index >= 15 is 0 Å². The zero-order valence-electron chi connectivity index (χ0n) is 13.2. The number of hydrogen-bond donors (Lipinski definition) is 1. The molecule has 3 aromatic carbocycles. The predicted octanol–water partition coefficient (Wildman–Crippen LogP) is 3.39. The van der Waals surface area contributed by atoms with Gasteiger partial charge in [-0.15, -0.1) is 0 Å². The Bertz CT molecular complexity index is 886. The van der Waals surface area contributed by atoms with Gasteiger partial charge >= 0.3 is 0 Å². The van der Waals surface area contributed by atoms with Crippen molar-refractivity contribution < 1.29 is 9.53 Å². The molecule has 0 heterocycles. The molecule has 0 unspecified atom stereocenters. The molecule has 0 saturated carbocycles. The van der Waals surface area contributed by atoms with Gasteiger partial charge in [-0.25, -0.2) is 0 Å². The van der Waals surface area contributed by atoms with E-state index in [0.29, 0.717) is 12.3 Å². The van der Waals surface area contributed by atoms with Crippen molar-refractivity contribution in [2.45, 2.75) is 0 Å². The third kappa shape index (κ3) is 4.15. The minimum Gasteiger partial charge on any atom is -0.483 e. The quantitative estimate of drug-likeness (QED) is 0.750. The molecule has 0 fully saturated rings. The van der Waals surface area contributed by atoms with Gasteiger partial charge in [0, 0.05) is 10.9 Å². The summed E-state index contributed by atoms with van der Waals surface area (Å²) in [4.78, 5) is 11.9. The molecule has 0 radical (unpaired) electrons. The lowest BCUT2D eigenvalue weighted by Crippen LogP contribution is -2.29. The largest absolute Gasteiger partial charge is 0.483 e. The van der Waals surface area contributed by atoms with Gasteiger partial charge in [-0.2, -0.15) is 0 Å². The highest BCUT2D eigenvalue weighted by molar-refractivity contribution is 5.88. The summed E-state index contributed by atoms with van der Waals surface area (Å²) < 4.78 is 5.64. The summed E-state index contributed by atoms with van der Waals surface area (Å²) in [6.07, 6.45) is 0. The molecule has 0 atom stereocenters. The molecule has 1 amide bonds. The number of benzene rings is 3. The Morgan fingerprint density at radius 1 is 0.917 bits per heavy atom. The van der Waals surface area contributed by atoms with E-state index in [1.54, 1.807) is 0 Å². The zero-order valence-corrected chi connectivity index (χ0v) is 13.2. The van der Waals surface area contributed by atoms with Gasteiger partial charge < -0.3 is 10.1 Å². The smallest absolute Gasteiger partial charge is 0.258 e. The van der Waals surface area contributed by atoms with E-state index in [0.717, 1.165) is 16.3 Å². The fourth-order valence-electron chi connectivity index (χ4n) is 2.33. The van der Waals surface area contributed by atoms with Crippen molar-refractivity contribution >= 4 is 16.7 Å². The van der Waals surface area contributed by atoms with E-state index in [1.165, 1.54) is 0 Å². The molecule has 3 heteroatoms. The number of hydrogen-bond acceptors (Lipinski definition) is 2. The van der Waals surface area contributed by atoms with Crippen molar-refractivity contribution in [3.8, 4) is 17.6 Å². The standard InChI is InChI=1S/C21H17NO2/c23-21(22-15-7-10-17-8-2-1-3-9-17)16-24-20-14-6-12-18-11-4-5-13-19(18)20/h1-6,8-9,11-14H,15-16H2,(H,22,23). The van der Waals surface area contributed by atoms with Gasteiger partial charge in [0.15, 0.2) is 6.61 Å². The number of fused-ring (bicyclic) bond motifs is 1. The Labute approximate surface area is 141 Å². The first kappa shape index (κ1) is 15.6. The average Bonchev–Trinajstić information content (AvgIpc) is 2.64. The second-order valence-corrected chi connectivity index (χ2v) is 5.21. The molecule has 0 saturated heterocycles. The lowest BCUT2D eigenvalue weighted by molar-refractivity contribution is -0.122. The van der Waals surface area contributed by atoms with Crippen LogP contribution in [-0.4, -0.2) is 19.1 Å². The fraction of sp³-hybridized carbons (Fsp3) is 0.0952. The van der Waals surface area contributed by atoms with Gasteiger partial charge in [0.2, 0.25) is 0 Å². The lowest BCUT2D eigenvalue weighted by atomic mass is 10.1. The molecule has 0 aliphatic carbocycles. The van der Waals surface area contributed by atoms with E-state index < -0.39 is 0 Å². The normalized spacial score (nSPS) is 9.83. The van der Waals surface area contributed by atoms with E-state index in [-0.39, 0.29) is 12.5 Å². The van der Waals surface area contributed by atoms with Crippen LogP contribution in [0.1, 0.15) is 5.56 Å². The molecule has 3 aromatic rings. The maximum absolute atomic E-state index is 11.9. The molecule has 0 aromatic heterocycles. The van der Waals surface area contributed by atoms with E-state index in [2.05, 4.69) is 17.2 Å². The Morgan fingerprint density at radius 2 is 1.67 bits per heavy atom. The summed E-state index contributed by atoms with van der Waals surface area (Å²) in [7, 11) is 0. The first-order chi connectivity index (χ1) is 11.8. The van der Waals surface area contributed by atoms with Crippen molar-refractivity contribution in [3.63, 3.8) is 0 Å². The van der Waals surface area contributed by atoms with Crippen LogP contribution in [0.15, 0.2) is 72.8 Å². The Balaban J connectivity index is 1.51. The van der Waals surface area contributed by atoms with Gasteiger partial charge in [0.05, 0.1) is 6.54 Å². The van der Waals surface area contributed by atoms with Gasteiger partial charge in [-0.05, 0) is 23.6 Å². The van der Waals surface area contributed by atoms with E-state index in [1.807, 2.05) is 72.8 Å². The molecular formula is C21H17NO2. The highest BCUT2D eigenvalue weighted by Gasteiger charge is 2.04. The van der Waals surface area contributed by atoms with Crippen LogP contribution in [0.25, 0.3) is 10.8 Å². The summed E-state index contributed by atoms with van der Waals surface area (Å²) in [6.45, 7) is 0.271. The van der Waals surface area contributed by atoms with Crippen LogP contribution in [0.5, 0.6) is 5.75 Å². The average molecular weight is 315 g/mol. The minimum atomic E-state index is -0.190. The Hall–Kier alpha value is -3.25. The summed E-state index contributed by atoms with van der Waals surface area (Å²) in [6, 6.07) is 23.4. The fourth-order valence-corrected chi connectivity index (χ4v) is 2.33. The second kappa shape index (κ2) is 7.85. The Morgan fingerprint density at radius 3 is 2.54 bits per heavy atom. The van der Waals surface area contributed by atoms with Crippen LogP contribution in [0.3, 0.4) is 0 Å². The van der Waals surface area contributed by atoms with Crippen LogP contribution in [0.4, 0.5) is 0 Å². The van der Waals surface area contributed by atoms with Crippen molar-refractivity contribution in [1.82, 2.24) is 5.32 Å². The molecule has 3 rings (SSSR count). The molecule has 3 nitrogen and oxygen atoms in total. The van der Waals surface area contributed by atoms with Crippen LogP contribution in [-0.2, 0) is 4.79 Å². The summed E-state index contributed by atoms with van der Waals surface area (Å²) in [5, 5.41) is 4.82. The third-order valence-corrected chi connectivity index (χ3v) is 3.49. The topological polar surface area (TPSA) is 38.3 Å². The van der Waals surface area contributed by atoms with Crippen molar-refractivity contribution in [1.29, 1.82) is 0 Å². The number of nitrogens with one attached hydrogen (secondary N) is 1. The maximum Gasteiger partial charge on any atom is 0.258 e. The van der Waals surface area contributed by atoms with E-state index in [9.17, 15) is 4.79 Å². The lowest BCUT2D eigenvalue weighted by Gasteiger charge is -2.08. The molecule has 118 valence electrons. The first-order valence-corrected chi connectivity index (χ1v) is 7.74. The van der Waals surface area contributed by atoms with Crippen molar-refractivity contribution in [2.75, 3.05) is 13.2 Å². The molecule has 0 bridgehead atoms. The molecular weight excluding hydrogens is 298 g/mol. The molecule has 24 heavy (non-hydrogen) atoms. The third-order valence-electron chi connectivity index (χ3n) is 3.49. The monoisotopic (exact) mass is 315 g/mol. The number of carbonyl (C=O) groups is 1. The second-order valence-electron chi connectivity index (χ2n) is 5.21. The number of amides is 1. The maximum atomic E-state index is 11.9. The molecule has 0 aliphatic rings. The van der Waals surface area contributed by atoms with Crippen LogP contribution in [0.2, 0.25) is 0 Å². The highest BCUT2D eigenvalue weighted by atomic mass is 16.5. The number of rotatable bonds is 4. The summed E-state index contributed by atoms with van der Waals surface area (Å²) in [5.74, 6) is 6.43. The molecule has 1 N–H and O–H groups in total. The van der Waals surface area contributed by atoms with Crippen LogP contribution >= 0.6 is 0 Å². The predicted molar refractivity (Wildman–Crippen MR) is 95.8 cm³/mol. The van der Waals surface area contributed by atoms with Crippen molar-refractivity contribution in [3.05, 3.63) is 78.4 Å². The molecule has 0 spiro atoms.